The van der Waals surface area contributed by atoms with Gasteiger partial charge in [0, 0.05) is 25.7 Å². The van der Waals surface area contributed by atoms with Gasteiger partial charge in [0.2, 0.25) is 5.91 Å². The van der Waals surface area contributed by atoms with E-state index in [-0.39, 0.29) is 11.8 Å². The average Bonchev–Trinajstić information content (AvgIpc) is 2.50. The van der Waals surface area contributed by atoms with Crippen LogP contribution in [-0.2, 0) is 14.3 Å². The van der Waals surface area contributed by atoms with Gasteiger partial charge in [-0.15, -0.1) is 0 Å². The standard InChI is InChI=1S/C19H39NO3/c1-17(2)11-7-5-9-13-22-15-16-23-14-10-6-8-12-20-19(21)18(3)4/h17-18H,5-16H2,1-4H3,(H,20,21). The number of carbonyl (C=O) groups is 1. The Kier molecular flexibility index (Phi) is 15.8. The van der Waals surface area contributed by atoms with Crippen molar-refractivity contribution < 1.29 is 14.3 Å². The molecule has 0 fully saturated rings. The van der Waals surface area contributed by atoms with Crippen LogP contribution in [0.1, 0.15) is 72.6 Å². The van der Waals surface area contributed by atoms with Gasteiger partial charge in [0.05, 0.1) is 13.2 Å². The molecule has 0 spiro atoms. The van der Waals surface area contributed by atoms with E-state index in [1.165, 1.54) is 19.3 Å². The predicted molar refractivity (Wildman–Crippen MR) is 96.6 cm³/mol. The zero-order valence-corrected chi connectivity index (χ0v) is 15.9. The van der Waals surface area contributed by atoms with Gasteiger partial charge in [-0.05, 0) is 31.6 Å². The third-order valence-electron chi connectivity index (χ3n) is 3.73. The Labute approximate surface area is 143 Å². The lowest BCUT2D eigenvalue weighted by atomic mass is 10.1. The summed E-state index contributed by atoms with van der Waals surface area (Å²) >= 11 is 0. The second kappa shape index (κ2) is 16.3. The summed E-state index contributed by atoms with van der Waals surface area (Å²) in [6, 6.07) is 0. The summed E-state index contributed by atoms with van der Waals surface area (Å²) < 4.78 is 11.1. The number of rotatable bonds is 16. The number of carbonyl (C=O) groups excluding carboxylic acids is 1. The van der Waals surface area contributed by atoms with Crippen molar-refractivity contribution in [3.05, 3.63) is 0 Å². The second-order valence-corrected chi connectivity index (χ2v) is 6.97. The topological polar surface area (TPSA) is 47.6 Å². The molecule has 0 aromatic carbocycles. The van der Waals surface area contributed by atoms with Crippen LogP contribution in [0.5, 0.6) is 0 Å². The van der Waals surface area contributed by atoms with E-state index >= 15 is 0 Å². The van der Waals surface area contributed by atoms with Gasteiger partial charge < -0.3 is 14.8 Å². The number of hydrogen-bond acceptors (Lipinski definition) is 3. The van der Waals surface area contributed by atoms with Crippen molar-refractivity contribution in [1.29, 1.82) is 0 Å². The van der Waals surface area contributed by atoms with Gasteiger partial charge in [-0.3, -0.25) is 4.79 Å². The maximum atomic E-state index is 11.3. The molecule has 0 aromatic heterocycles. The zero-order chi connectivity index (χ0) is 17.3. The van der Waals surface area contributed by atoms with E-state index in [1.807, 2.05) is 13.8 Å². The van der Waals surface area contributed by atoms with Crippen LogP contribution in [0.25, 0.3) is 0 Å². The lowest BCUT2D eigenvalue weighted by molar-refractivity contribution is -0.123. The van der Waals surface area contributed by atoms with Gasteiger partial charge >= 0.3 is 0 Å². The molecule has 23 heavy (non-hydrogen) atoms. The van der Waals surface area contributed by atoms with Crippen LogP contribution in [0.2, 0.25) is 0 Å². The normalized spacial score (nSPS) is 11.4. The quantitative estimate of drug-likeness (QED) is 0.432. The molecule has 4 heteroatoms. The highest BCUT2D eigenvalue weighted by Crippen LogP contribution is 2.07. The third-order valence-corrected chi connectivity index (χ3v) is 3.73. The first kappa shape index (κ1) is 22.4. The van der Waals surface area contributed by atoms with E-state index in [0.717, 1.165) is 51.4 Å². The van der Waals surface area contributed by atoms with Crippen LogP contribution >= 0.6 is 0 Å². The first-order valence-electron chi connectivity index (χ1n) is 9.47. The zero-order valence-electron chi connectivity index (χ0n) is 15.9. The molecule has 0 unspecified atom stereocenters. The molecule has 0 heterocycles. The maximum absolute atomic E-state index is 11.3. The summed E-state index contributed by atoms with van der Waals surface area (Å²) in [6.45, 7) is 12.2. The Balaban J connectivity index is 3.07. The van der Waals surface area contributed by atoms with Crippen molar-refractivity contribution in [3.8, 4) is 0 Å². The highest BCUT2D eigenvalue weighted by Gasteiger charge is 2.04. The van der Waals surface area contributed by atoms with Crippen LogP contribution in [0, 0.1) is 11.8 Å². The summed E-state index contributed by atoms with van der Waals surface area (Å²) in [5, 5.41) is 2.93. The minimum atomic E-state index is 0.0774. The summed E-state index contributed by atoms with van der Waals surface area (Å²) in [7, 11) is 0. The Morgan fingerprint density at radius 1 is 0.783 bits per heavy atom. The van der Waals surface area contributed by atoms with Crippen LogP contribution in [0.15, 0.2) is 0 Å². The number of hydrogen-bond donors (Lipinski definition) is 1. The van der Waals surface area contributed by atoms with Crippen LogP contribution < -0.4 is 5.32 Å². The summed E-state index contributed by atoms with van der Waals surface area (Å²) in [5.74, 6) is 1.03. The molecule has 1 amide bonds. The fraction of sp³-hybridized carbons (Fsp3) is 0.947. The van der Waals surface area contributed by atoms with E-state index in [9.17, 15) is 4.79 Å². The van der Waals surface area contributed by atoms with Crippen molar-refractivity contribution in [2.75, 3.05) is 33.0 Å². The van der Waals surface area contributed by atoms with E-state index < -0.39 is 0 Å². The molecule has 0 saturated heterocycles. The minimum Gasteiger partial charge on any atom is -0.379 e. The van der Waals surface area contributed by atoms with Crippen LogP contribution in [0.3, 0.4) is 0 Å². The van der Waals surface area contributed by atoms with Gasteiger partial charge in [0.25, 0.3) is 0 Å². The first-order chi connectivity index (χ1) is 11.0. The third kappa shape index (κ3) is 17.6. The smallest absolute Gasteiger partial charge is 0.222 e. The van der Waals surface area contributed by atoms with Crippen LogP contribution in [-0.4, -0.2) is 38.9 Å². The summed E-state index contributed by atoms with van der Waals surface area (Å²) in [5.41, 5.74) is 0. The Morgan fingerprint density at radius 3 is 1.87 bits per heavy atom. The molecule has 0 rings (SSSR count). The molecule has 0 aliphatic heterocycles. The molecular formula is C19H39NO3. The molecule has 138 valence electrons. The predicted octanol–water partition coefficient (Wildman–Crippen LogP) is 4.18. The van der Waals surface area contributed by atoms with Crippen molar-refractivity contribution >= 4 is 5.91 Å². The molecule has 0 aliphatic carbocycles. The van der Waals surface area contributed by atoms with Crippen molar-refractivity contribution in [3.63, 3.8) is 0 Å². The first-order valence-corrected chi connectivity index (χ1v) is 9.47. The van der Waals surface area contributed by atoms with E-state index in [4.69, 9.17) is 9.47 Å². The lowest BCUT2D eigenvalue weighted by Gasteiger charge is -2.08. The van der Waals surface area contributed by atoms with Gasteiger partial charge in [-0.1, -0.05) is 47.0 Å². The number of ether oxygens (including phenoxy) is 2. The number of amides is 1. The molecule has 0 saturated carbocycles. The van der Waals surface area contributed by atoms with Crippen molar-refractivity contribution in [2.24, 2.45) is 11.8 Å². The SMILES string of the molecule is CC(C)CCCCCOCCOCCCCCNC(=O)C(C)C. The molecule has 4 nitrogen and oxygen atoms in total. The minimum absolute atomic E-state index is 0.0774. The monoisotopic (exact) mass is 329 g/mol. The van der Waals surface area contributed by atoms with E-state index in [1.54, 1.807) is 0 Å². The van der Waals surface area contributed by atoms with Crippen molar-refractivity contribution in [2.45, 2.75) is 72.6 Å². The summed E-state index contributed by atoms with van der Waals surface area (Å²) in [4.78, 5) is 11.3. The Morgan fingerprint density at radius 2 is 1.35 bits per heavy atom. The van der Waals surface area contributed by atoms with Gasteiger partial charge in [-0.25, -0.2) is 0 Å². The van der Waals surface area contributed by atoms with E-state index in [2.05, 4.69) is 19.2 Å². The molecule has 0 aromatic rings. The Hall–Kier alpha value is -0.610. The molecule has 0 atom stereocenters. The Bertz CT molecular complexity index is 267. The van der Waals surface area contributed by atoms with Crippen LogP contribution in [0.4, 0.5) is 0 Å². The van der Waals surface area contributed by atoms with Gasteiger partial charge in [-0.2, -0.15) is 0 Å². The molecule has 0 bridgehead atoms. The van der Waals surface area contributed by atoms with Gasteiger partial charge in [0.15, 0.2) is 0 Å². The highest BCUT2D eigenvalue weighted by molar-refractivity contribution is 5.77. The fourth-order valence-electron chi connectivity index (χ4n) is 2.18. The maximum Gasteiger partial charge on any atom is 0.222 e. The molecular weight excluding hydrogens is 290 g/mol. The summed E-state index contributed by atoms with van der Waals surface area (Å²) in [6.07, 6.45) is 8.23. The molecule has 1 N–H and O–H groups in total. The van der Waals surface area contributed by atoms with Crippen molar-refractivity contribution in [1.82, 2.24) is 5.32 Å². The average molecular weight is 330 g/mol. The highest BCUT2D eigenvalue weighted by atomic mass is 16.5. The fourth-order valence-corrected chi connectivity index (χ4v) is 2.18. The second-order valence-electron chi connectivity index (χ2n) is 6.97. The number of unbranched alkanes of at least 4 members (excludes halogenated alkanes) is 4. The number of nitrogens with one attached hydrogen (secondary N) is 1. The van der Waals surface area contributed by atoms with E-state index in [0.29, 0.717) is 13.2 Å². The molecule has 0 radical (unpaired) electrons. The largest absolute Gasteiger partial charge is 0.379 e. The lowest BCUT2D eigenvalue weighted by Crippen LogP contribution is -2.28. The molecule has 0 aliphatic rings. The van der Waals surface area contributed by atoms with Gasteiger partial charge in [0.1, 0.15) is 0 Å².